The average Bonchev–Trinajstić information content (AvgIpc) is 2.29. The Bertz CT molecular complexity index is 353. The van der Waals surface area contributed by atoms with Crippen LogP contribution in [0.3, 0.4) is 0 Å². The van der Waals surface area contributed by atoms with E-state index in [1.165, 1.54) is 0 Å². The summed E-state index contributed by atoms with van der Waals surface area (Å²) < 4.78 is 0. The Morgan fingerprint density at radius 3 is 2.56 bits per heavy atom. The maximum Gasteiger partial charge on any atom is 0.239 e. The SMILES string of the molecule is Cl.NCc1ccc(N2CCNC(=O)C2)cc1. The van der Waals surface area contributed by atoms with Gasteiger partial charge in [0.05, 0.1) is 6.54 Å². The minimum atomic E-state index is 0. The van der Waals surface area contributed by atoms with Crippen molar-refractivity contribution in [2.45, 2.75) is 6.54 Å². The van der Waals surface area contributed by atoms with Gasteiger partial charge in [-0.05, 0) is 17.7 Å². The van der Waals surface area contributed by atoms with Gasteiger partial charge < -0.3 is 16.0 Å². The van der Waals surface area contributed by atoms with Crippen LogP contribution in [0.25, 0.3) is 0 Å². The highest BCUT2D eigenvalue weighted by molar-refractivity contribution is 5.85. The molecule has 0 aliphatic carbocycles. The number of nitrogens with two attached hydrogens (primary N) is 1. The van der Waals surface area contributed by atoms with Gasteiger partial charge in [0.2, 0.25) is 5.91 Å². The van der Waals surface area contributed by atoms with Crippen molar-refractivity contribution in [3.05, 3.63) is 29.8 Å². The first-order chi connectivity index (χ1) is 7.29. The predicted molar refractivity (Wildman–Crippen MR) is 66.8 cm³/mol. The number of hydrogen-bond donors (Lipinski definition) is 2. The first-order valence-corrected chi connectivity index (χ1v) is 5.10. The van der Waals surface area contributed by atoms with Crippen molar-refractivity contribution >= 4 is 24.0 Å². The molecule has 1 amide bonds. The molecule has 0 radical (unpaired) electrons. The number of anilines is 1. The summed E-state index contributed by atoms with van der Waals surface area (Å²) in [5.74, 6) is 0.0872. The predicted octanol–water partition coefficient (Wildman–Crippen LogP) is 0.503. The molecule has 1 saturated heterocycles. The summed E-state index contributed by atoms with van der Waals surface area (Å²) in [7, 11) is 0. The normalized spacial score (nSPS) is 15.3. The van der Waals surface area contributed by atoms with Gasteiger partial charge in [-0.2, -0.15) is 0 Å². The van der Waals surface area contributed by atoms with E-state index in [0.29, 0.717) is 13.1 Å². The van der Waals surface area contributed by atoms with E-state index in [1.807, 2.05) is 24.3 Å². The number of benzene rings is 1. The maximum absolute atomic E-state index is 11.2. The molecule has 5 heteroatoms. The Hall–Kier alpha value is -1.26. The zero-order chi connectivity index (χ0) is 10.7. The number of rotatable bonds is 2. The van der Waals surface area contributed by atoms with Crippen LogP contribution in [0, 0.1) is 0 Å². The van der Waals surface area contributed by atoms with Crippen LogP contribution in [0.1, 0.15) is 5.56 Å². The summed E-state index contributed by atoms with van der Waals surface area (Å²) in [5, 5.41) is 2.80. The molecule has 0 bridgehead atoms. The third kappa shape index (κ3) is 2.87. The Balaban J connectivity index is 0.00000128. The fourth-order valence-electron chi connectivity index (χ4n) is 1.70. The third-order valence-corrected chi connectivity index (χ3v) is 2.58. The molecule has 4 nitrogen and oxygen atoms in total. The van der Waals surface area contributed by atoms with Gasteiger partial charge in [-0.1, -0.05) is 12.1 Å². The summed E-state index contributed by atoms with van der Waals surface area (Å²) in [6, 6.07) is 8.03. The Morgan fingerprint density at radius 1 is 1.31 bits per heavy atom. The molecule has 0 atom stereocenters. The maximum atomic E-state index is 11.2. The second-order valence-electron chi connectivity index (χ2n) is 3.64. The summed E-state index contributed by atoms with van der Waals surface area (Å²) in [4.78, 5) is 13.3. The fraction of sp³-hybridized carbons (Fsp3) is 0.364. The van der Waals surface area contributed by atoms with Crippen molar-refractivity contribution < 1.29 is 4.79 Å². The Morgan fingerprint density at radius 2 is 2.00 bits per heavy atom. The van der Waals surface area contributed by atoms with Gasteiger partial charge in [0, 0.05) is 25.3 Å². The molecule has 1 aliphatic heterocycles. The van der Waals surface area contributed by atoms with Crippen LogP contribution in [-0.4, -0.2) is 25.5 Å². The molecule has 88 valence electrons. The van der Waals surface area contributed by atoms with Crippen LogP contribution < -0.4 is 16.0 Å². The molecule has 1 aromatic carbocycles. The lowest BCUT2D eigenvalue weighted by atomic mass is 10.2. The van der Waals surface area contributed by atoms with E-state index in [9.17, 15) is 4.79 Å². The molecular formula is C11H16ClN3O. The zero-order valence-corrected chi connectivity index (χ0v) is 9.80. The lowest BCUT2D eigenvalue weighted by Gasteiger charge is -2.28. The molecular weight excluding hydrogens is 226 g/mol. The van der Waals surface area contributed by atoms with E-state index < -0.39 is 0 Å². The van der Waals surface area contributed by atoms with Crippen molar-refractivity contribution in [2.75, 3.05) is 24.5 Å². The molecule has 2 rings (SSSR count). The van der Waals surface area contributed by atoms with E-state index in [4.69, 9.17) is 5.73 Å². The second kappa shape index (κ2) is 5.72. The topological polar surface area (TPSA) is 58.4 Å². The van der Waals surface area contributed by atoms with Crippen molar-refractivity contribution in [3.8, 4) is 0 Å². The highest BCUT2D eigenvalue weighted by Gasteiger charge is 2.15. The first kappa shape index (κ1) is 12.8. The molecule has 0 spiro atoms. The largest absolute Gasteiger partial charge is 0.360 e. The molecule has 3 N–H and O–H groups in total. The van der Waals surface area contributed by atoms with Crippen LogP contribution in [0.15, 0.2) is 24.3 Å². The van der Waals surface area contributed by atoms with E-state index in [-0.39, 0.29) is 18.3 Å². The molecule has 1 heterocycles. The van der Waals surface area contributed by atoms with Gasteiger partial charge in [-0.3, -0.25) is 4.79 Å². The van der Waals surface area contributed by atoms with Gasteiger partial charge in [0.25, 0.3) is 0 Å². The Kier molecular flexibility index (Phi) is 4.58. The minimum absolute atomic E-state index is 0. The first-order valence-electron chi connectivity index (χ1n) is 5.10. The van der Waals surface area contributed by atoms with Crippen molar-refractivity contribution in [1.82, 2.24) is 5.32 Å². The van der Waals surface area contributed by atoms with Crippen LogP contribution in [0.2, 0.25) is 0 Å². The molecule has 0 aromatic heterocycles. The van der Waals surface area contributed by atoms with Gasteiger partial charge >= 0.3 is 0 Å². The summed E-state index contributed by atoms with van der Waals surface area (Å²) in [6.07, 6.45) is 0. The highest BCUT2D eigenvalue weighted by atomic mass is 35.5. The quantitative estimate of drug-likeness (QED) is 0.793. The number of nitrogens with one attached hydrogen (secondary N) is 1. The fourth-order valence-corrected chi connectivity index (χ4v) is 1.70. The van der Waals surface area contributed by atoms with Crippen LogP contribution in [-0.2, 0) is 11.3 Å². The summed E-state index contributed by atoms with van der Waals surface area (Å²) in [5.41, 5.74) is 7.72. The minimum Gasteiger partial charge on any atom is -0.360 e. The smallest absolute Gasteiger partial charge is 0.239 e. The van der Waals surface area contributed by atoms with E-state index in [2.05, 4.69) is 10.2 Å². The van der Waals surface area contributed by atoms with Gasteiger partial charge in [0.15, 0.2) is 0 Å². The van der Waals surface area contributed by atoms with E-state index in [0.717, 1.165) is 24.3 Å². The number of nitrogens with zero attached hydrogens (tertiary/aromatic N) is 1. The Labute approximate surface area is 101 Å². The van der Waals surface area contributed by atoms with Crippen LogP contribution >= 0.6 is 12.4 Å². The molecule has 1 aromatic rings. The van der Waals surface area contributed by atoms with E-state index >= 15 is 0 Å². The lowest BCUT2D eigenvalue weighted by molar-refractivity contribution is -0.120. The van der Waals surface area contributed by atoms with Gasteiger partial charge in [-0.25, -0.2) is 0 Å². The van der Waals surface area contributed by atoms with Crippen LogP contribution in [0.4, 0.5) is 5.69 Å². The number of amides is 1. The lowest BCUT2D eigenvalue weighted by Crippen LogP contribution is -2.47. The van der Waals surface area contributed by atoms with E-state index in [1.54, 1.807) is 0 Å². The summed E-state index contributed by atoms with van der Waals surface area (Å²) >= 11 is 0. The van der Waals surface area contributed by atoms with Gasteiger partial charge in [-0.15, -0.1) is 12.4 Å². The molecule has 0 unspecified atom stereocenters. The highest BCUT2D eigenvalue weighted by Crippen LogP contribution is 2.15. The zero-order valence-electron chi connectivity index (χ0n) is 8.98. The molecule has 1 fully saturated rings. The second-order valence-corrected chi connectivity index (χ2v) is 3.64. The standard InChI is InChI=1S/C11H15N3O.ClH/c12-7-9-1-3-10(4-2-9)14-6-5-13-11(15)8-14;/h1-4H,5-8,12H2,(H,13,15);1H. The molecule has 0 saturated carbocycles. The molecule has 16 heavy (non-hydrogen) atoms. The third-order valence-electron chi connectivity index (χ3n) is 2.58. The number of halogens is 1. The monoisotopic (exact) mass is 241 g/mol. The van der Waals surface area contributed by atoms with Crippen molar-refractivity contribution in [3.63, 3.8) is 0 Å². The van der Waals surface area contributed by atoms with Crippen LogP contribution in [0.5, 0.6) is 0 Å². The average molecular weight is 242 g/mol. The number of piperazine rings is 1. The summed E-state index contributed by atoms with van der Waals surface area (Å²) in [6.45, 7) is 2.59. The van der Waals surface area contributed by atoms with Gasteiger partial charge in [0.1, 0.15) is 0 Å². The molecule has 1 aliphatic rings. The number of hydrogen-bond acceptors (Lipinski definition) is 3. The number of carbonyl (C=O) groups is 1. The van der Waals surface area contributed by atoms with Crippen molar-refractivity contribution in [2.24, 2.45) is 5.73 Å². The number of carbonyl (C=O) groups excluding carboxylic acids is 1. The van der Waals surface area contributed by atoms with Crippen molar-refractivity contribution in [1.29, 1.82) is 0 Å².